The number of hydrogen-bond donors (Lipinski definition) is 0. The van der Waals surface area contributed by atoms with Gasteiger partial charge in [0.25, 0.3) is 0 Å². The number of fused-ring (bicyclic) bond motifs is 1. The average Bonchev–Trinajstić information content (AvgIpc) is 3.15. The molecule has 122 valence electrons. The summed E-state index contributed by atoms with van der Waals surface area (Å²) in [4.78, 5) is 2.38. The van der Waals surface area contributed by atoms with Crippen molar-refractivity contribution in [3.8, 4) is 11.3 Å². The van der Waals surface area contributed by atoms with E-state index < -0.39 is 0 Å². The lowest BCUT2D eigenvalue weighted by molar-refractivity contribution is 0.239. The summed E-state index contributed by atoms with van der Waals surface area (Å²) in [6.07, 6.45) is 3.95. The van der Waals surface area contributed by atoms with Gasteiger partial charge < -0.3 is 9.32 Å². The van der Waals surface area contributed by atoms with Crippen molar-refractivity contribution in [3.63, 3.8) is 0 Å². The third-order valence-corrected chi connectivity index (χ3v) is 5.24. The first kappa shape index (κ1) is 15.2. The van der Waals surface area contributed by atoms with Gasteiger partial charge in [-0.25, -0.2) is 0 Å². The van der Waals surface area contributed by atoms with Crippen LogP contribution in [0.3, 0.4) is 0 Å². The van der Waals surface area contributed by atoms with Gasteiger partial charge in [-0.2, -0.15) is 0 Å². The molecule has 0 spiro atoms. The zero-order chi connectivity index (χ0) is 16.5. The minimum absolute atomic E-state index is 0.504. The Balaban J connectivity index is 1.73. The van der Waals surface area contributed by atoms with Crippen LogP contribution >= 0.6 is 0 Å². The fraction of sp³-hybridized carbons (Fsp3) is 0.273. The second-order valence-electron chi connectivity index (χ2n) is 6.92. The first-order valence-electron chi connectivity index (χ1n) is 8.59. The molecule has 0 fully saturated rings. The molecule has 0 amide bonds. The highest BCUT2D eigenvalue weighted by Gasteiger charge is 2.31. The van der Waals surface area contributed by atoms with E-state index in [1.807, 2.05) is 12.1 Å². The van der Waals surface area contributed by atoms with Crippen molar-refractivity contribution in [2.75, 3.05) is 14.1 Å². The lowest BCUT2D eigenvalue weighted by atomic mass is 9.76. The van der Waals surface area contributed by atoms with Gasteiger partial charge in [0.1, 0.15) is 5.76 Å². The van der Waals surface area contributed by atoms with Crippen molar-refractivity contribution in [3.05, 3.63) is 83.6 Å². The van der Waals surface area contributed by atoms with E-state index in [-0.39, 0.29) is 0 Å². The maximum Gasteiger partial charge on any atom is 0.133 e. The molecule has 1 aliphatic carbocycles. The summed E-state index contributed by atoms with van der Waals surface area (Å²) in [7, 11) is 4.39. The van der Waals surface area contributed by atoms with Crippen molar-refractivity contribution in [2.45, 2.75) is 24.8 Å². The second-order valence-corrected chi connectivity index (χ2v) is 6.92. The third-order valence-electron chi connectivity index (χ3n) is 5.24. The predicted octanol–water partition coefficient (Wildman–Crippen LogP) is 4.76. The van der Waals surface area contributed by atoms with Crippen LogP contribution in [0.5, 0.6) is 0 Å². The Morgan fingerprint density at radius 2 is 1.67 bits per heavy atom. The van der Waals surface area contributed by atoms with E-state index >= 15 is 0 Å². The molecule has 2 aromatic carbocycles. The van der Waals surface area contributed by atoms with E-state index in [1.54, 1.807) is 6.26 Å². The summed E-state index contributed by atoms with van der Waals surface area (Å²) >= 11 is 0. The molecule has 0 aliphatic heterocycles. The van der Waals surface area contributed by atoms with Gasteiger partial charge in [-0.15, -0.1) is 0 Å². The van der Waals surface area contributed by atoms with Crippen molar-refractivity contribution in [1.82, 2.24) is 4.90 Å². The van der Waals surface area contributed by atoms with E-state index in [2.05, 4.69) is 67.5 Å². The molecule has 2 unspecified atom stereocenters. The van der Waals surface area contributed by atoms with Crippen molar-refractivity contribution in [1.29, 1.82) is 0 Å². The number of hydrogen-bond acceptors (Lipinski definition) is 2. The Morgan fingerprint density at radius 3 is 2.38 bits per heavy atom. The highest BCUT2D eigenvalue weighted by Crippen LogP contribution is 2.36. The van der Waals surface area contributed by atoms with Gasteiger partial charge in [-0.05, 0) is 61.8 Å². The Bertz CT molecular complexity index is 820. The molecule has 1 aromatic heterocycles. The highest BCUT2D eigenvalue weighted by molar-refractivity contribution is 5.58. The Labute approximate surface area is 143 Å². The molecule has 0 saturated heterocycles. The molecular formula is C22H23NO. The standard InChI is InChI=1S/C22H23NO/c1-23(2)21-15-17-8-4-3-7-16(17)14-20(21)18-9-5-10-19(13-18)22-11-6-12-24-22/h3-13,20-21H,14-15H2,1-2H3. The molecule has 2 heteroatoms. The highest BCUT2D eigenvalue weighted by atomic mass is 16.3. The Kier molecular flexibility index (Phi) is 3.99. The summed E-state index contributed by atoms with van der Waals surface area (Å²) in [6.45, 7) is 0. The number of benzene rings is 2. The second kappa shape index (κ2) is 6.29. The summed E-state index contributed by atoms with van der Waals surface area (Å²) in [6, 6.07) is 22.2. The van der Waals surface area contributed by atoms with Crippen LogP contribution < -0.4 is 0 Å². The monoisotopic (exact) mass is 317 g/mol. The van der Waals surface area contributed by atoms with Crippen LogP contribution in [-0.4, -0.2) is 25.0 Å². The SMILES string of the molecule is CN(C)C1Cc2ccccc2CC1c1cccc(-c2ccco2)c1. The van der Waals surface area contributed by atoms with Crippen LogP contribution in [0.1, 0.15) is 22.6 Å². The fourth-order valence-electron chi connectivity index (χ4n) is 3.94. The summed E-state index contributed by atoms with van der Waals surface area (Å²) in [5, 5.41) is 0. The smallest absolute Gasteiger partial charge is 0.133 e. The lowest BCUT2D eigenvalue weighted by Gasteiger charge is -2.37. The molecule has 3 aromatic rings. The van der Waals surface area contributed by atoms with Crippen LogP contribution in [0.25, 0.3) is 11.3 Å². The molecule has 0 radical (unpaired) electrons. The third kappa shape index (κ3) is 2.78. The van der Waals surface area contributed by atoms with Crippen LogP contribution in [0.15, 0.2) is 71.3 Å². The number of rotatable bonds is 3. The zero-order valence-electron chi connectivity index (χ0n) is 14.3. The minimum atomic E-state index is 0.504. The average molecular weight is 317 g/mol. The van der Waals surface area contributed by atoms with E-state index in [0.29, 0.717) is 12.0 Å². The van der Waals surface area contributed by atoms with Crippen LogP contribution in [0.2, 0.25) is 0 Å². The zero-order valence-corrected chi connectivity index (χ0v) is 14.3. The Hall–Kier alpha value is -2.32. The molecule has 1 aliphatic rings. The summed E-state index contributed by atoms with van der Waals surface area (Å²) in [5.41, 5.74) is 5.55. The number of likely N-dealkylation sites (N-methyl/N-ethyl adjacent to an activating group) is 1. The maximum atomic E-state index is 5.58. The van der Waals surface area contributed by atoms with Crippen LogP contribution in [0, 0.1) is 0 Å². The molecule has 2 nitrogen and oxygen atoms in total. The molecule has 1 heterocycles. The maximum absolute atomic E-state index is 5.58. The van der Waals surface area contributed by atoms with E-state index in [0.717, 1.165) is 24.2 Å². The lowest BCUT2D eigenvalue weighted by Crippen LogP contribution is -2.39. The van der Waals surface area contributed by atoms with Gasteiger partial charge in [0.05, 0.1) is 6.26 Å². The summed E-state index contributed by atoms with van der Waals surface area (Å²) in [5.74, 6) is 1.44. The van der Waals surface area contributed by atoms with Crippen LogP contribution in [-0.2, 0) is 12.8 Å². The van der Waals surface area contributed by atoms with Gasteiger partial charge in [0.15, 0.2) is 0 Å². The van der Waals surface area contributed by atoms with E-state index in [4.69, 9.17) is 4.42 Å². The van der Waals surface area contributed by atoms with Gasteiger partial charge in [0.2, 0.25) is 0 Å². The van der Waals surface area contributed by atoms with Gasteiger partial charge in [-0.3, -0.25) is 0 Å². The summed E-state index contributed by atoms with van der Waals surface area (Å²) < 4.78 is 5.58. The predicted molar refractivity (Wildman–Crippen MR) is 98.2 cm³/mol. The molecule has 4 rings (SSSR count). The van der Waals surface area contributed by atoms with E-state index in [1.165, 1.54) is 16.7 Å². The molecule has 0 saturated carbocycles. The molecule has 2 atom stereocenters. The van der Waals surface area contributed by atoms with Gasteiger partial charge >= 0.3 is 0 Å². The van der Waals surface area contributed by atoms with Crippen LogP contribution in [0.4, 0.5) is 0 Å². The van der Waals surface area contributed by atoms with Crippen molar-refractivity contribution >= 4 is 0 Å². The molecule has 0 N–H and O–H groups in total. The molecular weight excluding hydrogens is 294 g/mol. The number of nitrogens with zero attached hydrogens (tertiary/aromatic N) is 1. The normalized spacial score (nSPS) is 20.1. The Morgan fingerprint density at radius 1 is 0.875 bits per heavy atom. The van der Waals surface area contributed by atoms with Crippen molar-refractivity contribution in [2.24, 2.45) is 0 Å². The largest absolute Gasteiger partial charge is 0.464 e. The number of furan rings is 1. The fourth-order valence-corrected chi connectivity index (χ4v) is 3.94. The van der Waals surface area contributed by atoms with Crippen molar-refractivity contribution < 1.29 is 4.42 Å². The quantitative estimate of drug-likeness (QED) is 0.692. The first-order chi connectivity index (χ1) is 11.7. The molecule has 0 bridgehead atoms. The van der Waals surface area contributed by atoms with E-state index in [9.17, 15) is 0 Å². The minimum Gasteiger partial charge on any atom is -0.464 e. The van der Waals surface area contributed by atoms with Gasteiger partial charge in [-0.1, -0.05) is 42.5 Å². The van der Waals surface area contributed by atoms with Gasteiger partial charge in [0, 0.05) is 17.5 Å². The first-order valence-corrected chi connectivity index (χ1v) is 8.59. The topological polar surface area (TPSA) is 16.4 Å². The molecule has 24 heavy (non-hydrogen) atoms.